The summed E-state index contributed by atoms with van der Waals surface area (Å²) < 4.78 is 39.3. The van der Waals surface area contributed by atoms with Gasteiger partial charge in [-0.25, -0.2) is 8.42 Å². The van der Waals surface area contributed by atoms with E-state index in [0.717, 1.165) is 12.0 Å². The molecule has 0 radical (unpaired) electrons. The zero-order chi connectivity index (χ0) is 18.9. The van der Waals surface area contributed by atoms with Gasteiger partial charge < -0.3 is 15.2 Å². The SMILES string of the molecule is Cl.NC[C@@H]1CN(S(=O)(=O)c2ccc3c(c2)OCCCO3)C[C@H]1c1ccccc1. The highest BCUT2D eigenvalue weighted by molar-refractivity contribution is 7.89. The number of benzene rings is 2. The Bertz CT molecular complexity index is 908. The van der Waals surface area contributed by atoms with E-state index in [9.17, 15) is 8.42 Å². The molecule has 6 nitrogen and oxygen atoms in total. The lowest BCUT2D eigenvalue weighted by atomic mass is 9.89. The lowest BCUT2D eigenvalue weighted by molar-refractivity contribution is 0.297. The zero-order valence-corrected chi connectivity index (χ0v) is 17.1. The van der Waals surface area contributed by atoms with E-state index >= 15 is 0 Å². The molecule has 1 fully saturated rings. The normalized spacial score (nSPS) is 22.3. The van der Waals surface area contributed by atoms with Gasteiger partial charge in [-0.3, -0.25) is 0 Å². The Hall–Kier alpha value is -1.80. The van der Waals surface area contributed by atoms with Crippen LogP contribution in [0.2, 0.25) is 0 Å². The summed E-state index contributed by atoms with van der Waals surface area (Å²) in [6.45, 7) is 2.40. The molecule has 2 aromatic carbocycles. The van der Waals surface area contributed by atoms with Gasteiger partial charge in [0.25, 0.3) is 0 Å². The number of hydrogen-bond donors (Lipinski definition) is 1. The fourth-order valence-electron chi connectivity index (χ4n) is 3.80. The smallest absolute Gasteiger partial charge is 0.243 e. The molecule has 0 unspecified atom stereocenters. The van der Waals surface area contributed by atoms with Gasteiger partial charge in [0.2, 0.25) is 10.0 Å². The molecule has 28 heavy (non-hydrogen) atoms. The summed E-state index contributed by atoms with van der Waals surface area (Å²) in [4.78, 5) is 0.233. The summed E-state index contributed by atoms with van der Waals surface area (Å²) in [5.74, 6) is 1.28. The van der Waals surface area contributed by atoms with Crippen LogP contribution in [-0.2, 0) is 10.0 Å². The van der Waals surface area contributed by atoms with Crippen molar-refractivity contribution in [3.05, 3.63) is 54.1 Å². The van der Waals surface area contributed by atoms with Crippen LogP contribution in [0.5, 0.6) is 11.5 Å². The first kappa shape index (κ1) is 20.9. The summed E-state index contributed by atoms with van der Waals surface area (Å²) in [5, 5.41) is 0. The number of halogens is 1. The van der Waals surface area contributed by atoms with Crippen LogP contribution in [0.4, 0.5) is 0 Å². The fraction of sp³-hybridized carbons (Fsp3) is 0.400. The molecule has 2 aliphatic heterocycles. The molecular formula is C20H25ClN2O4S. The first-order valence-electron chi connectivity index (χ1n) is 9.24. The Morgan fingerprint density at radius 3 is 2.43 bits per heavy atom. The topological polar surface area (TPSA) is 81.9 Å². The van der Waals surface area contributed by atoms with Crippen LogP contribution >= 0.6 is 12.4 Å². The van der Waals surface area contributed by atoms with E-state index in [1.54, 1.807) is 22.5 Å². The van der Waals surface area contributed by atoms with Crippen LogP contribution in [-0.4, -0.2) is 45.6 Å². The third-order valence-corrected chi connectivity index (χ3v) is 7.12. The van der Waals surface area contributed by atoms with Crippen LogP contribution in [0.3, 0.4) is 0 Å². The van der Waals surface area contributed by atoms with Crippen LogP contribution < -0.4 is 15.2 Å². The Labute approximate surface area is 172 Å². The summed E-state index contributed by atoms with van der Waals surface area (Å²) in [5.41, 5.74) is 7.09. The van der Waals surface area contributed by atoms with Crippen LogP contribution in [0.1, 0.15) is 17.9 Å². The molecule has 1 saturated heterocycles. The second-order valence-corrected chi connectivity index (χ2v) is 8.93. The maximum atomic E-state index is 13.2. The van der Waals surface area contributed by atoms with Crippen molar-refractivity contribution in [1.82, 2.24) is 4.31 Å². The van der Waals surface area contributed by atoms with Gasteiger partial charge in [-0.2, -0.15) is 4.31 Å². The van der Waals surface area contributed by atoms with Gasteiger partial charge in [0.1, 0.15) is 0 Å². The third-order valence-electron chi connectivity index (χ3n) is 5.29. The summed E-state index contributed by atoms with van der Waals surface area (Å²) in [7, 11) is -3.63. The molecule has 0 spiro atoms. The molecule has 0 aromatic heterocycles. The van der Waals surface area contributed by atoms with Crippen molar-refractivity contribution in [3.63, 3.8) is 0 Å². The quantitative estimate of drug-likeness (QED) is 0.815. The second kappa shape index (κ2) is 8.69. The zero-order valence-electron chi connectivity index (χ0n) is 15.5. The third kappa shape index (κ3) is 3.98. The van der Waals surface area contributed by atoms with E-state index in [4.69, 9.17) is 15.2 Å². The van der Waals surface area contributed by atoms with E-state index < -0.39 is 10.0 Å². The number of nitrogens with zero attached hydrogens (tertiary/aromatic N) is 1. The predicted molar refractivity (Wildman–Crippen MR) is 110 cm³/mol. The molecule has 152 valence electrons. The molecule has 2 N–H and O–H groups in total. The van der Waals surface area contributed by atoms with E-state index in [-0.39, 0.29) is 29.1 Å². The van der Waals surface area contributed by atoms with Crippen molar-refractivity contribution < 1.29 is 17.9 Å². The van der Waals surface area contributed by atoms with Crippen molar-refractivity contribution in [2.45, 2.75) is 17.2 Å². The van der Waals surface area contributed by atoms with Gasteiger partial charge in [-0.1, -0.05) is 30.3 Å². The van der Waals surface area contributed by atoms with Crippen molar-refractivity contribution in [3.8, 4) is 11.5 Å². The maximum absolute atomic E-state index is 13.2. The monoisotopic (exact) mass is 424 g/mol. The summed E-state index contributed by atoms with van der Waals surface area (Å²) in [6, 6.07) is 14.8. The molecule has 2 aromatic rings. The first-order chi connectivity index (χ1) is 13.1. The van der Waals surface area contributed by atoms with Gasteiger partial charge in [0.15, 0.2) is 11.5 Å². The van der Waals surface area contributed by atoms with Crippen molar-refractivity contribution in [2.24, 2.45) is 11.7 Å². The summed E-state index contributed by atoms with van der Waals surface area (Å²) in [6.07, 6.45) is 0.778. The number of ether oxygens (including phenoxy) is 2. The number of hydrogen-bond acceptors (Lipinski definition) is 5. The number of rotatable bonds is 4. The molecule has 8 heteroatoms. The molecule has 0 saturated carbocycles. The number of sulfonamides is 1. The summed E-state index contributed by atoms with van der Waals surface area (Å²) >= 11 is 0. The molecule has 0 bridgehead atoms. The average molecular weight is 425 g/mol. The lowest BCUT2D eigenvalue weighted by Crippen LogP contribution is -2.30. The van der Waals surface area contributed by atoms with Gasteiger partial charge >= 0.3 is 0 Å². The fourth-order valence-corrected chi connectivity index (χ4v) is 5.34. The Kier molecular flexibility index (Phi) is 6.50. The van der Waals surface area contributed by atoms with E-state index in [0.29, 0.717) is 44.3 Å². The number of nitrogens with two attached hydrogens (primary N) is 1. The highest BCUT2D eigenvalue weighted by Crippen LogP contribution is 2.37. The maximum Gasteiger partial charge on any atom is 0.243 e. The van der Waals surface area contributed by atoms with Crippen LogP contribution in [0.25, 0.3) is 0 Å². The van der Waals surface area contributed by atoms with Crippen molar-refractivity contribution >= 4 is 22.4 Å². The standard InChI is InChI=1S/C20H24N2O4S.ClH/c21-12-16-13-22(14-18(16)15-5-2-1-3-6-15)27(23,24)17-7-8-19-20(11-17)26-10-4-9-25-19;/h1-3,5-8,11,16,18H,4,9-10,12-14,21H2;1H/t16-,18+;/m1./s1. The molecule has 2 heterocycles. The molecule has 2 aliphatic rings. The largest absolute Gasteiger partial charge is 0.490 e. The highest BCUT2D eigenvalue weighted by Gasteiger charge is 2.39. The number of fused-ring (bicyclic) bond motifs is 1. The highest BCUT2D eigenvalue weighted by atomic mass is 35.5. The van der Waals surface area contributed by atoms with E-state index in [2.05, 4.69) is 0 Å². The average Bonchev–Trinajstić information content (AvgIpc) is 3.01. The van der Waals surface area contributed by atoms with Gasteiger partial charge in [-0.15, -0.1) is 12.4 Å². The van der Waals surface area contributed by atoms with Crippen LogP contribution in [0.15, 0.2) is 53.4 Å². The minimum absolute atomic E-state index is 0. The molecule has 0 amide bonds. The van der Waals surface area contributed by atoms with E-state index in [1.165, 1.54) is 0 Å². The minimum atomic E-state index is -3.63. The Morgan fingerprint density at radius 1 is 1.00 bits per heavy atom. The Balaban J connectivity index is 0.00000225. The van der Waals surface area contributed by atoms with Crippen LogP contribution in [0, 0.1) is 5.92 Å². The lowest BCUT2D eigenvalue weighted by Gasteiger charge is -2.18. The van der Waals surface area contributed by atoms with Gasteiger partial charge in [0.05, 0.1) is 18.1 Å². The second-order valence-electron chi connectivity index (χ2n) is 6.99. The predicted octanol–water partition coefficient (Wildman–Crippen LogP) is 2.63. The van der Waals surface area contributed by atoms with Gasteiger partial charge in [0, 0.05) is 31.5 Å². The van der Waals surface area contributed by atoms with Gasteiger partial charge in [-0.05, 0) is 30.2 Å². The Morgan fingerprint density at radius 2 is 1.71 bits per heavy atom. The first-order valence-corrected chi connectivity index (χ1v) is 10.7. The van der Waals surface area contributed by atoms with Crippen molar-refractivity contribution in [2.75, 3.05) is 32.8 Å². The molecule has 4 rings (SSSR count). The molecular weight excluding hydrogens is 400 g/mol. The van der Waals surface area contributed by atoms with Crippen molar-refractivity contribution in [1.29, 1.82) is 0 Å². The minimum Gasteiger partial charge on any atom is -0.490 e. The molecule has 0 aliphatic carbocycles. The van der Waals surface area contributed by atoms with E-state index in [1.807, 2.05) is 30.3 Å². The molecule has 2 atom stereocenters.